The first-order valence-electron chi connectivity index (χ1n) is 12.5. The van der Waals surface area contributed by atoms with Crippen LogP contribution in [0.3, 0.4) is 0 Å². The number of fused-ring (bicyclic) bond motifs is 2. The van der Waals surface area contributed by atoms with Crippen LogP contribution in [0.5, 0.6) is 0 Å². The Morgan fingerprint density at radius 2 is 2.05 bits per heavy atom. The minimum Gasteiger partial charge on any atom is -0.374 e. The predicted octanol–water partition coefficient (Wildman–Crippen LogP) is 5.48. The summed E-state index contributed by atoms with van der Waals surface area (Å²) in [4.78, 5) is 22.5. The Morgan fingerprint density at radius 1 is 1.23 bits per heavy atom. The Morgan fingerprint density at radius 3 is 2.82 bits per heavy atom. The van der Waals surface area contributed by atoms with Crippen molar-refractivity contribution in [2.45, 2.75) is 33.4 Å². The Kier molecular flexibility index (Phi) is 7.07. The van der Waals surface area contributed by atoms with Crippen LogP contribution < -0.4 is 10.2 Å². The van der Waals surface area contributed by atoms with E-state index < -0.39 is 12.0 Å². The third-order valence-corrected chi connectivity index (χ3v) is 6.31. The van der Waals surface area contributed by atoms with Crippen molar-refractivity contribution in [1.82, 2.24) is 30.1 Å². The molecular weight excluding hydrogens is 497 g/mol. The van der Waals surface area contributed by atoms with E-state index in [1.807, 2.05) is 57.1 Å². The summed E-state index contributed by atoms with van der Waals surface area (Å²) in [5.74, 6) is 0.177. The van der Waals surface area contributed by atoms with E-state index in [9.17, 15) is 5.11 Å². The number of pyridine rings is 2. The van der Waals surface area contributed by atoms with Gasteiger partial charge in [0.15, 0.2) is 11.6 Å². The number of allylic oxidation sites excluding steroid dienone is 1. The van der Waals surface area contributed by atoms with Crippen LogP contribution in [0.15, 0.2) is 59.7 Å². The van der Waals surface area contributed by atoms with Crippen LogP contribution in [0.25, 0.3) is 44.7 Å². The molecule has 0 radical (unpaired) electrons. The highest BCUT2D eigenvalue weighted by Crippen LogP contribution is 2.34. The lowest BCUT2D eigenvalue weighted by Crippen LogP contribution is -2.20. The standard InChI is InChI=1S/C28H30FN9O/c1-15(2)9-22(39)33-18-10-17(11-31-12-18)25-24(29)23-20(13-32-25)36-37-27(23)28-34-19-7-6-8-21(26(19)35-28)38(5)14-16(3)30-4/h6-8,10-15,22,33,39H,4,9H2,1-3,5H3,(H,34,35)(H,36,37)/b16-14-. The normalized spacial score (nSPS) is 12.8. The number of para-hydroxylation sites is 1. The number of hydrogen-bond donors (Lipinski definition) is 4. The number of halogens is 1. The highest BCUT2D eigenvalue weighted by molar-refractivity contribution is 5.97. The second kappa shape index (κ2) is 10.6. The fourth-order valence-electron chi connectivity index (χ4n) is 4.50. The van der Waals surface area contributed by atoms with E-state index in [0.29, 0.717) is 46.1 Å². The molecule has 0 fully saturated rings. The highest BCUT2D eigenvalue weighted by Gasteiger charge is 2.21. The number of imidazole rings is 1. The van der Waals surface area contributed by atoms with Gasteiger partial charge < -0.3 is 20.3 Å². The van der Waals surface area contributed by atoms with E-state index >= 15 is 4.39 Å². The summed E-state index contributed by atoms with van der Waals surface area (Å²) in [5.41, 5.74) is 5.02. The molecule has 200 valence electrons. The number of aliphatic imine (C=N–C) groups is 1. The van der Waals surface area contributed by atoms with Crippen LogP contribution in [-0.4, -0.2) is 55.2 Å². The topological polar surface area (TPSA) is 131 Å². The molecule has 5 rings (SSSR count). The molecule has 4 aromatic heterocycles. The molecular formula is C28H30FN9O. The van der Waals surface area contributed by atoms with E-state index in [1.54, 1.807) is 12.3 Å². The van der Waals surface area contributed by atoms with Crippen LogP contribution in [0.1, 0.15) is 27.2 Å². The number of aromatic nitrogens is 6. The number of aromatic amines is 2. The summed E-state index contributed by atoms with van der Waals surface area (Å²) < 4.78 is 16.1. The summed E-state index contributed by atoms with van der Waals surface area (Å²) in [6.45, 7) is 9.47. The van der Waals surface area contributed by atoms with E-state index in [0.717, 1.165) is 16.9 Å². The fraction of sp³-hybridized carbons (Fsp3) is 0.250. The maximum absolute atomic E-state index is 16.1. The number of aliphatic hydroxyl groups is 1. The molecule has 0 amide bonds. The smallest absolute Gasteiger partial charge is 0.161 e. The molecule has 10 nitrogen and oxygen atoms in total. The Hall–Kier alpha value is -4.64. The van der Waals surface area contributed by atoms with Gasteiger partial charge in [0.25, 0.3) is 0 Å². The third-order valence-electron chi connectivity index (χ3n) is 6.31. The van der Waals surface area contributed by atoms with Gasteiger partial charge in [-0.3, -0.25) is 20.1 Å². The van der Waals surface area contributed by atoms with Crippen molar-refractivity contribution in [3.63, 3.8) is 0 Å². The molecule has 1 atom stereocenters. The molecule has 0 spiro atoms. The van der Waals surface area contributed by atoms with Crippen molar-refractivity contribution < 1.29 is 9.50 Å². The molecule has 5 aromatic rings. The van der Waals surface area contributed by atoms with Crippen LogP contribution >= 0.6 is 0 Å². The average Bonchev–Trinajstić information content (AvgIpc) is 3.53. The van der Waals surface area contributed by atoms with Gasteiger partial charge in [-0.1, -0.05) is 19.9 Å². The maximum Gasteiger partial charge on any atom is 0.161 e. The monoisotopic (exact) mass is 527 g/mol. The number of anilines is 2. The zero-order valence-corrected chi connectivity index (χ0v) is 22.2. The quantitative estimate of drug-likeness (QED) is 0.148. The molecule has 0 saturated heterocycles. The molecule has 1 aromatic carbocycles. The summed E-state index contributed by atoms with van der Waals surface area (Å²) in [7, 11) is 1.90. The lowest BCUT2D eigenvalue weighted by molar-refractivity contribution is 0.176. The van der Waals surface area contributed by atoms with Gasteiger partial charge in [-0.25, -0.2) is 9.37 Å². The zero-order chi connectivity index (χ0) is 27.7. The molecule has 0 aliphatic rings. The molecule has 39 heavy (non-hydrogen) atoms. The second-order valence-electron chi connectivity index (χ2n) is 9.83. The molecule has 1 unspecified atom stereocenters. The number of aliphatic hydroxyl groups excluding tert-OH is 1. The Bertz CT molecular complexity index is 1690. The molecule has 0 aliphatic carbocycles. The minimum atomic E-state index is -0.743. The van der Waals surface area contributed by atoms with E-state index in [1.165, 1.54) is 12.4 Å². The summed E-state index contributed by atoms with van der Waals surface area (Å²) in [6, 6.07) is 7.47. The molecule has 11 heteroatoms. The van der Waals surface area contributed by atoms with Crippen molar-refractivity contribution in [2.75, 3.05) is 17.3 Å². The van der Waals surface area contributed by atoms with E-state index in [2.05, 4.69) is 42.2 Å². The molecule has 4 heterocycles. The van der Waals surface area contributed by atoms with Crippen molar-refractivity contribution in [3.05, 3.63) is 60.6 Å². The second-order valence-corrected chi connectivity index (χ2v) is 9.83. The maximum atomic E-state index is 16.1. The van der Waals surface area contributed by atoms with Crippen molar-refractivity contribution >= 4 is 40.0 Å². The number of benzene rings is 1. The molecule has 0 bridgehead atoms. The summed E-state index contributed by atoms with van der Waals surface area (Å²) >= 11 is 0. The van der Waals surface area contributed by atoms with Crippen LogP contribution in [0.2, 0.25) is 0 Å². The predicted molar refractivity (Wildman–Crippen MR) is 153 cm³/mol. The summed E-state index contributed by atoms with van der Waals surface area (Å²) in [6.07, 6.45) is 6.34. The van der Waals surface area contributed by atoms with E-state index in [4.69, 9.17) is 4.98 Å². The third kappa shape index (κ3) is 5.21. The number of H-pyrrole nitrogens is 2. The van der Waals surface area contributed by atoms with Gasteiger partial charge in [0.05, 0.1) is 45.9 Å². The zero-order valence-electron chi connectivity index (χ0n) is 22.2. The lowest BCUT2D eigenvalue weighted by atomic mass is 10.1. The molecule has 0 saturated carbocycles. The SMILES string of the molecule is C=N/C(C)=C\N(C)c1cccc2[nH]c(-c3n[nH]c4cnc(-c5cncc(NC(O)CC(C)C)c5)c(F)c34)nc12. The number of rotatable bonds is 9. The number of hydrogen-bond acceptors (Lipinski definition) is 8. The number of nitrogens with zero attached hydrogens (tertiary/aromatic N) is 6. The van der Waals surface area contributed by atoms with Crippen molar-refractivity contribution in [1.29, 1.82) is 0 Å². The largest absolute Gasteiger partial charge is 0.374 e. The fourth-order valence-corrected chi connectivity index (χ4v) is 4.50. The van der Waals surface area contributed by atoms with Crippen LogP contribution in [0, 0.1) is 11.7 Å². The first kappa shape index (κ1) is 26.0. The lowest BCUT2D eigenvalue weighted by Gasteiger charge is -2.16. The van der Waals surface area contributed by atoms with Crippen LogP contribution in [0.4, 0.5) is 15.8 Å². The Labute approximate surface area is 224 Å². The number of nitrogens with one attached hydrogen (secondary N) is 3. The molecule has 4 N–H and O–H groups in total. The Balaban J connectivity index is 1.55. The highest BCUT2D eigenvalue weighted by atomic mass is 19.1. The first-order chi connectivity index (χ1) is 18.7. The minimum absolute atomic E-state index is 0.119. The van der Waals surface area contributed by atoms with Crippen LogP contribution in [-0.2, 0) is 0 Å². The molecule has 0 aliphatic heterocycles. The van der Waals surface area contributed by atoms with Gasteiger partial charge >= 0.3 is 0 Å². The van der Waals surface area contributed by atoms with Crippen molar-refractivity contribution in [3.8, 4) is 22.8 Å². The van der Waals surface area contributed by atoms with Gasteiger partial charge in [-0.15, -0.1) is 0 Å². The van der Waals surface area contributed by atoms with Gasteiger partial charge in [0, 0.05) is 25.0 Å². The first-order valence-corrected chi connectivity index (χ1v) is 12.5. The summed E-state index contributed by atoms with van der Waals surface area (Å²) in [5, 5.41) is 20.8. The van der Waals surface area contributed by atoms with Gasteiger partial charge in [0.2, 0.25) is 0 Å². The van der Waals surface area contributed by atoms with Gasteiger partial charge in [-0.05, 0) is 44.2 Å². The van der Waals surface area contributed by atoms with Crippen molar-refractivity contribution in [2.24, 2.45) is 10.9 Å². The van der Waals surface area contributed by atoms with E-state index in [-0.39, 0.29) is 11.1 Å². The average molecular weight is 528 g/mol. The van der Waals surface area contributed by atoms with Gasteiger partial charge in [0.1, 0.15) is 23.1 Å². The van der Waals surface area contributed by atoms with Gasteiger partial charge in [-0.2, -0.15) is 5.10 Å².